The summed E-state index contributed by atoms with van der Waals surface area (Å²) in [4.78, 5) is 4.19. The Labute approximate surface area is 106 Å². The van der Waals surface area contributed by atoms with Gasteiger partial charge in [-0.1, -0.05) is 19.1 Å². The van der Waals surface area contributed by atoms with Crippen LogP contribution in [0.4, 0.5) is 4.39 Å². The van der Waals surface area contributed by atoms with Gasteiger partial charge < -0.3 is 5.32 Å². The van der Waals surface area contributed by atoms with E-state index in [0.29, 0.717) is 17.9 Å². The number of hydrogen-bond acceptors (Lipinski definition) is 3. The van der Waals surface area contributed by atoms with E-state index >= 15 is 0 Å². The number of nitrogens with zero attached hydrogens (tertiary/aromatic N) is 3. The van der Waals surface area contributed by atoms with Crippen molar-refractivity contribution >= 4 is 0 Å². The van der Waals surface area contributed by atoms with E-state index in [4.69, 9.17) is 0 Å². The second-order valence-electron chi connectivity index (χ2n) is 4.14. The second-order valence-corrected chi connectivity index (χ2v) is 4.14. The molecule has 0 fully saturated rings. The molecule has 0 aliphatic rings. The molecule has 0 aliphatic heterocycles. The summed E-state index contributed by atoms with van der Waals surface area (Å²) < 4.78 is 15.6. The summed E-state index contributed by atoms with van der Waals surface area (Å²) in [5.41, 5.74) is 1.42. The maximum Gasteiger partial charge on any atom is 0.158 e. The molecule has 0 radical (unpaired) electrons. The van der Waals surface area contributed by atoms with Crippen LogP contribution in [0.1, 0.15) is 18.9 Å². The van der Waals surface area contributed by atoms with Crippen LogP contribution >= 0.6 is 0 Å². The minimum Gasteiger partial charge on any atom is -0.316 e. The highest BCUT2D eigenvalue weighted by Crippen LogP contribution is 2.20. The van der Waals surface area contributed by atoms with Crippen molar-refractivity contribution in [2.24, 2.45) is 0 Å². The molecule has 0 aliphatic carbocycles. The van der Waals surface area contributed by atoms with Gasteiger partial charge in [-0.15, -0.1) is 0 Å². The summed E-state index contributed by atoms with van der Waals surface area (Å²) in [6.07, 6.45) is 2.47. The zero-order valence-electron chi connectivity index (χ0n) is 10.7. The summed E-state index contributed by atoms with van der Waals surface area (Å²) in [7, 11) is 1.80. The molecule has 4 nitrogen and oxygen atoms in total. The molecule has 1 heterocycles. The quantitative estimate of drug-likeness (QED) is 0.882. The minimum atomic E-state index is -0.215. The molecule has 0 bridgehead atoms. The molecule has 96 valence electrons. The average Bonchev–Trinajstić information content (AvgIpc) is 2.81. The van der Waals surface area contributed by atoms with Gasteiger partial charge in [-0.05, 0) is 19.5 Å². The molecule has 1 N–H and O–H groups in total. The van der Waals surface area contributed by atoms with Gasteiger partial charge in [-0.25, -0.2) is 14.1 Å². The summed E-state index contributed by atoms with van der Waals surface area (Å²) >= 11 is 0. The van der Waals surface area contributed by atoms with Gasteiger partial charge in [-0.3, -0.25) is 0 Å². The van der Waals surface area contributed by atoms with Gasteiger partial charge in [0, 0.05) is 24.2 Å². The van der Waals surface area contributed by atoms with E-state index in [-0.39, 0.29) is 5.82 Å². The highest BCUT2D eigenvalue weighted by Gasteiger charge is 2.09. The Morgan fingerprint density at radius 3 is 2.89 bits per heavy atom. The topological polar surface area (TPSA) is 42.7 Å². The van der Waals surface area contributed by atoms with Crippen molar-refractivity contribution in [1.82, 2.24) is 20.1 Å². The second kappa shape index (κ2) is 5.73. The van der Waals surface area contributed by atoms with E-state index in [9.17, 15) is 4.39 Å². The molecule has 5 heteroatoms. The van der Waals surface area contributed by atoms with Crippen LogP contribution in [0.15, 0.2) is 24.5 Å². The Kier molecular flexibility index (Phi) is 4.04. The number of aromatic nitrogens is 3. The van der Waals surface area contributed by atoms with Crippen molar-refractivity contribution in [2.45, 2.75) is 26.4 Å². The molecule has 0 spiro atoms. The van der Waals surface area contributed by atoms with E-state index in [2.05, 4.69) is 22.3 Å². The zero-order valence-corrected chi connectivity index (χ0v) is 10.7. The smallest absolute Gasteiger partial charge is 0.158 e. The first-order valence-electron chi connectivity index (χ1n) is 6.07. The summed E-state index contributed by atoms with van der Waals surface area (Å²) in [5, 5.41) is 7.08. The first-order valence-corrected chi connectivity index (χ1v) is 6.07. The Hall–Kier alpha value is -1.75. The average molecular weight is 248 g/mol. The van der Waals surface area contributed by atoms with Crippen LogP contribution in [0.25, 0.3) is 11.4 Å². The van der Waals surface area contributed by atoms with Gasteiger partial charge >= 0.3 is 0 Å². The number of halogens is 1. The van der Waals surface area contributed by atoms with Crippen LogP contribution in [-0.2, 0) is 13.1 Å². The Morgan fingerprint density at radius 1 is 1.39 bits per heavy atom. The standard InChI is InChI=1S/C13H17FN4/c1-3-6-18-13(16-9-17-18)10-4-5-11(8-15-2)12(14)7-10/h4-5,7,9,15H,3,6,8H2,1-2H3. The molecule has 0 unspecified atom stereocenters. The van der Waals surface area contributed by atoms with E-state index in [1.54, 1.807) is 17.8 Å². The molecule has 0 saturated carbocycles. The van der Waals surface area contributed by atoms with E-state index in [0.717, 1.165) is 18.5 Å². The molecule has 2 rings (SSSR count). The maximum absolute atomic E-state index is 13.8. The lowest BCUT2D eigenvalue weighted by Crippen LogP contribution is -2.07. The van der Waals surface area contributed by atoms with Gasteiger partial charge in [0.25, 0.3) is 0 Å². The van der Waals surface area contributed by atoms with E-state index < -0.39 is 0 Å². The van der Waals surface area contributed by atoms with Crippen molar-refractivity contribution in [3.8, 4) is 11.4 Å². The van der Waals surface area contributed by atoms with Crippen molar-refractivity contribution in [2.75, 3.05) is 7.05 Å². The highest BCUT2D eigenvalue weighted by atomic mass is 19.1. The summed E-state index contributed by atoms with van der Waals surface area (Å²) in [5.74, 6) is 0.500. The van der Waals surface area contributed by atoms with Gasteiger partial charge in [0.05, 0.1) is 0 Å². The van der Waals surface area contributed by atoms with E-state index in [1.165, 1.54) is 12.4 Å². The van der Waals surface area contributed by atoms with E-state index in [1.807, 2.05) is 6.07 Å². The number of hydrogen-bond donors (Lipinski definition) is 1. The van der Waals surface area contributed by atoms with Crippen molar-refractivity contribution in [3.63, 3.8) is 0 Å². The largest absolute Gasteiger partial charge is 0.316 e. The Balaban J connectivity index is 2.33. The molecule has 1 aromatic carbocycles. The number of aryl methyl sites for hydroxylation is 1. The van der Waals surface area contributed by atoms with Crippen molar-refractivity contribution in [3.05, 3.63) is 35.9 Å². The maximum atomic E-state index is 13.8. The molecule has 1 aromatic heterocycles. The Bertz CT molecular complexity index is 521. The predicted molar refractivity (Wildman–Crippen MR) is 68.5 cm³/mol. The lowest BCUT2D eigenvalue weighted by Gasteiger charge is -2.07. The van der Waals surface area contributed by atoms with Crippen molar-refractivity contribution < 1.29 is 4.39 Å². The molecule has 0 atom stereocenters. The number of nitrogens with one attached hydrogen (secondary N) is 1. The molecule has 0 saturated heterocycles. The van der Waals surface area contributed by atoms with Gasteiger partial charge in [-0.2, -0.15) is 5.10 Å². The SMILES string of the molecule is CCCn1ncnc1-c1ccc(CNC)c(F)c1. The number of benzene rings is 1. The normalized spacial score (nSPS) is 10.8. The van der Waals surface area contributed by atoms with Crippen LogP contribution in [0, 0.1) is 5.82 Å². The minimum absolute atomic E-state index is 0.215. The molecule has 0 amide bonds. The van der Waals surface area contributed by atoms with Crippen molar-refractivity contribution in [1.29, 1.82) is 0 Å². The van der Waals surface area contributed by atoms with Crippen LogP contribution in [0.3, 0.4) is 0 Å². The fourth-order valence-corrected chi connectivity index (χ4v) is 1.88. The zero-order chi connectivity index (χ0) is 13.0. The monoisotopic (exact) mass is 248 g/mol. The van der Waals surface area contributed by atoms with Crippen LogP contribution in [-0.4, -0.2) is 21.8 Å². The molecular weight excluding hydrogens is 231 g/mol. The van der Waals surface area contributed by atoms with Gasteiger partial charge in [0.15, 0.2) is 5.82 Å². The third kappa shape index (κ3) is 2.56. The number of rotatable bonds is 5. The Morgan fingerprint density at radius 2 is 2.22 bits per heavy atom. The summed E-state index contributed by atoms with van der Waals surface area (Å²) in [6.45, 7) is 3.38. The van der Waals surface area contributed by atoms with Crippen LogP contribution < -0.4 is 5.32 Å². The lowest BCUT2D eigenvalue weighted by atomic mass is 10.1. The lowest BCUT2D eigenvalue weighted by molar-refractivity contribution is 0.596. The molecule has 2 aromatic rings. The van der Waals surface area contributed by atoms with Gasteiger partial charge in [0.2, 0.25) is 0 Å². The highest BCUT2D eigenvalue weighted by molar-refractivity contribution is 5.55. The first kappa shape index (κ1) is 12.7. The third-order valence-electron chi connectivity index (χ3n) is 2.73. The molecular formula is C13H17FN4. The van der Waals surface area contributed by atoms with Crippen LogP contribution in [0.2, 0.25) is 0 Å². The fourth-order valence-electron chi connectivity index (χ4n) is 1.88. The van der Waals surface area contributed by atoms with Gasteiger partial charge in [0.1, 0.15) is 12.1 Å². The summed E-state index contributed by atoms with van der Waals surface area (Å²) in [6, 6.07) is 5.18. The fraction of sp³-hybridized carbons (Fsp3) is 0.385. The molecule has 18 heavy (non-hydrogen) atoms. The third-order valence-corrected chi connectivity index (χ3v) is 2.73. The first-order chi connectivity index (χ1) is 8.76. The van der Waals surface area contributed by atoms with Crippen LogP contribution in [0.5, 0.6) is 0 Å². The predicted octanol–water partition coefficient (Wildman–Crippen LogP) is 2.21.